The molecule has 0 atom stereocenters. The Morgan fingerprint density at radius 2 is 1.68 bits per heavy atom. The molecule has 3 aromatic rings. The first-order chi connectivity index (χ1) is 15.3. The summed E-state index contributed by atoms with van der Waals surface area (Å²) in [5, 5.41) is 8.90. The highest BCUT2D eigenvalue weighted by Gasteiger charge is 2.23. The molecule has 0 spiro atoms. The summed E-state index contributed by atoms with van der Waals surface area (Å²) in [6.45, 7) is 6.26. The summed E-state index contributed by atoms with van der Waals surface area (Å²) < 4.78 is 7.13. The molecule has 0 bridgehead atoms. The maximum atomic E-state index is 12.3. The molecule has 2 aliphatic rings. The van der Waals surface area contributed by atoms with Gasteiger partial charge in [0.15, 0.2) is 0 Å². The lowest BCUT2D eigenvalue weighted by Gasteiger charge is -2.34. The van der Waals surface area contributed by atoms with Crippen LogP contribution in [0.15, 0.2) is 46.0 Å². The van der Waals surface area contributed by atoms with Crippen LogP contribution in [0.25, 0.3) is 11.3 Å². The number of hydrogen-bond donors (Lipinski definition) is 0. The molecular formula is C23H28N6O2. The molecule has 0 radical (unpaired) electrons. The average Bonchev–Trinajstić information content (AvgIpc) is 3.23. The van der Waals surface area contributed by atoms with Crippen molar-refractivity contribution in [1.29, 1.82) is 0 Å². The van der Waals surface area contributed by atoms with Gasteiger partial charge in [0, 0.05) is 75.3 Å². The van der Waals surface area contributed by atoms with E-state index in [9.17, 15) is 4.79 Å². The minimum atomic E-state index is -0.0627. The third kappa shape index (κ3) is 4.60. The highest BCUT2D eigenvalue weighted by molar-refractivity contribution is 5.56. The molecule has 5 rings (SSSR count). The van der Waals surface area contributed by atoms with E-state index >= 15 is 0 Å². The van der Waals surface area contributed by atoms with Crippen molar-refractivity contribution in [3.8, 4) is 11.3 Å². The molecule has 31 heavy (non-hydrogen) atoms. The Morgan fingerprint density at radius 1 is 0.903 bits per heavy atom. The number of rotatable bonds is 6. The normalized spacial score (nSPS) is 17.5. The molecule has 1 aliphatic heterocycles. The van der Waals surface area contributed by atoms with E-state index in [-0.39, 0.29) is 5.56 Å². The lowest BCUT2D eigenvalue weighted by Crippen LogP contribution is -2.47. The Bertz CT molecular complexity index is 1070. The fourth-order valence-corrected chi connectivity index (χ4v) is 4.48. The van der Waals surface area contributed by atoms with Crippen molar-refractivity contribution in [2.45, 2.75) is 38.8 Å². The molecule has 0 saturated carbocycles. The Balaban J connectivity index is 1.15. The molecule has 4 heterocycles. The minimum absolute atomic E-state index is 0.0627. The van der Waals surface area contributed by atoms with Crippen LogP contribution in [0.3, 0.4) is 0 Å². The van der Waals surface area contributed by atoms with Crippen molar-refractivity contribution in [2.24, 2.45) is 0 Å². The smallest absolute Gasteiger partial charge is 0.266 e. The van der Waals surface area contributed by atoms with Crippen LogP contribution >= 0.6 is 0 Å². The molecule has 0 aromatic carbocycles. The second kappa shape index (κ2) is 9.11. The van der Waals surface area contributed by atoms with E-state index in [0.717, 1.165) is 74.8 Å². The summed E-state index contributed by atoms with van der Waals surface area (Å²) in [4.78, 5) is 21.2. The van der Waals surface area contributed by atoms with Gasteiger partial charge in [-0.2, -0.15) is 5.10 Å². The van der Waals surface area contributed by atoms with Gasteiger partial charge in [-0.3, -0.25) is 19.6 Å². The van der Waals surface area contributed by atoms with Gasteiger partial charge in [-0.25, -0.2) is 4.68 Å². The summed E-state index contributed by atoms with van der Waals surface area (Å²) in [7, 11) is 0. The first kappa shape index (κ1) is 20.1. The van der Waals surface area contributed by atoms with Crippen LogP contribution in [-0.2, 0) is 25.9 Å². The van der Waals surface area contributed by atoms with Crippen molar-refractivity contribution in [3.05, 3.63) is 64.0 Å². The average molecular weight is 421 g/mol. The van der Waals surface area contributed by atoms with E-state index < -0.39 is 0 Å². The van der Waals surface area contributed by atoms with Crippen LogP contribution in [0, 0.1) is 0 Å². The van der Waals surface area contributed by atoms with Gasteiger partial charge < -0.3 is 4.52 Å². The summed E-state index contributed by atoms with van der Waals surface area (Å²) in [5.74, 6) is 1.10. The second-order valence-corrected chi connectivity index (χ2v) is 8.37. The number of aromatic nitrogens is 4. The van der Waals surface area contributed by atoms with Crippen molar-refractivity contribution < 1.29 is 4.52 Å². The Hall–Kier alpha value is -2.84. The first-order valence-electron chi connectivity index (χ1n) is 11.2. The Labute approximate surface area is 181 Å². The predicted molar refractivity (Wildman–Crippen MR) is 117 cm³/mol. The van der Waals surface area contributed by atoms with Crippen molar-refractivity contribution >= 4 is 0 Å². The topological polar surface area (TPSA) is 80.3 Å². The van der Waals surface area contributed by atoms with E-state index in [1.54, 1.807) is 29.2 Å². The van der Waals surface area contributed by atoms with Crippen LogP contribution in [0.4, 0.5) is 0 Å². The fraction of sp³-hybridized carbons (Fsp3) is 0.478. The molecule has 8 heteroatoms. The van der Waals surface area contributed by atoms with Crippen molar-refractivity contribution in [2.75, 3.05) is 32.7 Å². The predicted octanol–water partition coefficient (Wildman–Crippen LogP) is 1.99. The lowest BCUT2D eigenvalue weighted by molar-refractivity contribution is 0.120. The molecule has 0 N–H and O–H groups in total. The molecule has 8 nitrogen and oxygen atoms in total. The lowest BCUT2D eigenvalue weighted by atomic mass is 9.96. The first-order valence-corrected chi connectivity index (χ1v) is 11.2. The van der Waals surface area contributed by atoms with Crippen LogP contribution < -0.4 is 5.56 Å². The second-order valence-electron chi connectivity index (χ2n) is 8.37. The molecule has 162 valence electrons. The number of aryl methyl sites for hydroxylation is 1. The van der Waals surface area contributed by atoms with Crippen molar-refractivity contribution in [1.82, 2.24) is 29.7 Å². The zero-order chi connectivity index (χ0) is 21.0. The number of fused-ring (bicyclic) bond motifs is 1. The van der Waals surface area contributed by atoms with Crippen LogP contribution in [-0.4, -0.2) is 62.4 Å². The SMILES string of the molecule is O=c1ccc(-c2ccncc2)nn1CCN1CCN(Cc2noc3c2CCCC3)CC1. The highest BCUT2D eigenvalue weighted by Crippen LogP contribution is 2.25. The summed E-state index contributed by atoms with van der Waals surface area (Å²) in [6.07, 6.45) is 8.07. The highest BCUT2D eigenvalue weighted by atomic mass is 16.5. The Morgan fingerprint density at radius 3 is 2.52 bits per heavy atom. The van der Waals surface area contributed by atoms with Gasteiger partial charge in [0.2, 0.25) is 0 Å². The molecule has 0 unspecified atom stereocenters. The van der Waals surface area contributed by atoms with Gasteiger partial charge >= 0.3 is 0 Å². The zero-order valence-electron chi connectivity index (χ0n) is 17.7. The Kier molecular flexibility index (Phi) is 5.90. The third-order valence-electron chi connectivity index (χ3n) is 6.34. The monoisotopic (exact) mass is 420 g/mol. The number of hydrogen-bond acceptors (Lipinski definition) is 7. The molecular weight excluding hydrogens is 392 g/mol. The van der Waals surface area contributed by atoms with Gasteiger partial charge in [0.25, 0.3) is 5.56 Å². The van der Waals surface area contributed by atoms with E-state index in [2.05, 4.69) is 25.0 Å². The number of pyridine rings is 1. The van der Waals surface area contributed by atoms with E-state index in [4.69, 9.17) is 4.52 Å². The summed E-state index contributed by atoms with van der Waals surface area (Å²) in [6, 6.07) is 7.18. The van der Waals surface area contributed by atoms with E-state index in [1.165, 1.54) is 18.4 Å². The number of nitrogens with zero attached hydrogens (tertiary/aromatic N) is 6. The number of piperazine rings is 1. The van der Waals surface area contributed by atoms with Gasteiger partial charge in [0.1, 0.15) is 11.5 Å². The molecule has 1 saturated heterocycles. The fourth-order valence-electron chi connectivity index (χ4n) is 4.48. The minimum Gasteiger partial charge on any atom is -0.361 e. The summed E-state index contributed by atoms with van der Waals surface area (Å²) in [5.41, 5.74) is 4.18. The maximum Gasteiger partial charge on any atom is 0.266 e. The van der Waals surface area contributed by atoms with E-state index in [0.29, 0.717) is 6.54 Å². The van der Waals surface area contributed by atoms with E-state index in [1.807, 2.05) is 12.1 Å². The summed E-state index contributed by atoms with van der Waals surface area (Å²) >= 11 is 0. The molecule has 0 amide bonds. The standard InChI is InChI=1S/C23H28N6O2/c30-23-6-5-20(18-7-9-24-10-8-18)25-29(23)16-15-27-11-13-28(14-12-27)17-21-19-3-1-2-4-22(19)31-26-21/h5-10H,1-4,11-17H2. The molecule has 1 fully saturated rings. The van der Waals surface area contributed by atoms with Gasteiger partial charge in [-0.05, 0) is 37.5 Å². The third-order valence-corrected chi connectivity index (χ3v) is 6.34. The van der Waals surface area contributed by atoms with Gasteiger partial charge in [0.05, 0.1) is 12.2 Å². The van der Waals surface area contributed by atoms with Crippen LogP contribution in [0.5, 0.6) is 0 Å². The van der Waals surface area contributed by atoms with Crippen LogP contribution in [0.2, 0.25) is 0 Å². The zero-order valence-corrected chi connectivity index (χ0v) is 17.7. The van der Waals surface area contributed by atoms with Crippen molar-refractivity contribution in [3.63, 3.8) is 0 Å². The molecule has 1 aliphatic carbocycles. The quantitative estimate of drug-likeness (QED) is 0.603. The maximum absolute atomic E-state index is 12.3. The largest absolute Gasteiger partial charge is 0.361 e. The van der Waals surface area contributed by atoms with Gasteiger partial charge in [-0.15, -0.1) is 0 Å². The van der Waals surface area contributed by atoms with Crippen LogP contribution in [0.1, 0.15) is 29.9 Å². The van der Waals surface area contributed by atoms with Gasteiger partial charge in [-0.1, -0.05) is 5.16 Å². The molecule has 3 aromatic heterocycles.